The van der Waals surface area contributed by atoms with Gasteiger partial charge in [0.1, 0.15) is 5.75 Å². The van der Waals surface area contributed by atoms with E-state index >= 15 is 0 Å². The van der Waals surface area contributed by atoms with Crippen LogP contribution in [0.25, 0.3) is 5.69 Å². The molecular weight excluding hydrogens is 358 g/mol. The Bertz CT molecular complexity index is 911. The molecule has 5 nitrogen and oxygen atoms in total. The van der Waals surface area contributed by atoms with Gasteiger partial charge in [0.05, 0.1) is 12.8 Å². The number of anilines is 1. The molecule has 7 heteroatoms. The fraction of sp³-hybridized carbons (Fsp3) is 0.111. The molecular formula is C18H16ClN3O2S. The lowest BCUT2D eigenvalue weighted by atomic mass is 10.1. The zero-order chi connectivity index (χ0) is 17.8. The predicted molar refractivity (Wildman–Crippen MR) is 101 cm³/mol. The summed E-state index contributed by atoms with van der Waals surface area (Å²) in [6.45, 7) is 0. The van der Waals surface area contributed by atoms with E-state index in [9.17, 15) is 4.79 Å². The topological polar surface area (TPSA) is 56.1 Å². The van der Waals surface area contributed by atoms with Crippen LogP contribution in [0, 0.1) is 0 Å². The molecule has 0 atom stereocenters. The minimum atomic E-state index is -0.242. The van der Waals surface area contributed by atoms with Crippen molar-refractivity contribution in [2.45, 2.75) is 5.16 Å². The number of halogens is 1. The second-order valence-corrected chi connectivity index (χ2v) is 6.34. The number of imidazole rings is 1. The lowest BCUT2D eigenvalue weighted by molar-refractivity contribution is 0.102. The van der Waals surface area contributed by atoms with Crippen molar-refractivity contribution in [2.75, 3.05) is 18.7 Å². The first kappa shape index (κ1) is 17.4. The van der Waals surface area contributed by atoms with Crippen molar-refractivity contribution >= 4 is 35.0 Å². The maximum Gasteiger partial charge on any atom is 0.255 e. The van der Waals surface area contributed by atoms with Gasteiger partial charge in [-0.25, -0.2) is 4.98 Å². The summed E-state index contributed by atoms with van der Waals surface area (Å²) < 4.78 is 7.19. The van der Waals surface area contributed by atoms with E-state index in [0.29, 0.717) is 22.0 Å². The average molecular weight is 374 g/mol. The summed E-state index contributed by atoms with van der Waals surface area (Å²) in [5, 5.41) is 4.22. The Morgan fingerprint density at radius 3 is 2.88 bits per heavy atom. The molecule has 0 saturated carbocycles. The molecule has 3 rings (SSSR count). The predicted octanol–water partition coefficient (Wildman–Crippen LogP) is 4.51. The number of hydrogen-bond donors (Lipinski definition) is 1. The van der Waals surface area contributed by atoms with Gasteiger partial charge in [-0.3, -0.25) is 9.36 Å². The molecule has 1 amide bonds. The summed E-state index contributed by atoms with van der Waals surface area (Å²) in [5.41, 5.74) is 1.92. The number of carbonyl (C=O) groups is 1. The van der Waals surface area contributed by atoms with Gasteiger partial charge in [-0.05, 0) is 42.7 Å². The highest BCUT2D eigenvalue weighted by atomic mass is 35.5. The van der Waals surface area contributed by atoms with Crippen LogP contribution in [0.3, 0.4) is 0 Å². The van der Waals surface area contributed by atoms with E-state index in [1.54, 1.807) is 49.3 Å². The highest BCUT2D eigenvalue weighted by Crippen LogP contribution is 2.28. The Balaban J connectivity index is 1.89. The molecule has 1 aromatic heterocycles. The van der Waals surface area contributed by atoms with Gasteiger partial charge in [0, 0.05) is 28.7 Å². The number of methoxy groups -OCH3 is 1. The Hall–Kier alpha value is -2.44. The van der Waals surface area contributed by atoms with E-state index in [0.717, 1.165) is 10.8 Å². The van der Waals surface area contributed by atoms with Gasteiger partial charge in [0.15, 0.2) is 5.16 Å². The highest BCUT2D eigenvalue weighted by Gasteiger charge is 2.12. The first-order valence-electron chi connectivity index (χ1n) is 7.45. The monoisotopic (exact) mass is 373 g/mol. The molecule has 0 saturated heterocycles. The number of carbonyl (C=O) groups excluding carboxylic acids is 1. The van der Waals surface area contributed by atoms with Gasteiger partial charge in [0.2, 0.25) is 0 Å². The van der Waals surface area contributed by atoms with Crippen molar-refractivity contribution in [1.29, 1.82) is 0 Å². The molecule has 2 aromatic carbocycles. The molecule has 0 spiro atoms. The number of nitrogens with zero attached hydrogens (tertiary/aromatic N) is 2. The van der Waals surface area contributed by atoms with Gasteiger partial charge in [-0.1, -0.05) is 29.4 Å². The summed E-state index contributed by atoms with van der Waals surface area (Å²) in [6.07, 6.45) is 5.55. The van der Waals surface area contributed by atoms with E-state index in [2.05, 4.69) is 10.3 Å². The molecule has 128 valence electrons. The Morgan fingerprint density at radius 1 is 1.28 bits per heavy atom. The van der Waals surface area contributed by atoms with E-state index in [1.165, 1.54) is 0 Å². The van der Waals surface area contributed by atoms with E-state index < -0.39 is 0 Å². The maximum atomic E-state index is 12.6. The smallest absolute Gasteiger partial charge is 0.255 e. The third-order valence-corrected chi connectivity index (χ3v) is 4.49. The third kappa shape index (κ3) is 3.81. The lowest BCUT2D eigenvalue weighted by Crippen LogP contribution is -2.13. The molecule has 0 fully saturated rings. The van der Waals surface area contributed by atoms with Crippen LogP contribution in [-0.2, 0) is 0 Å². The van der Waals surface area contributed by atoms with Crippen LogP contribution >= 0.6 is 23.4 Å². The molecule has 0 aliphatic carbocycles. The number of thioether (sulfide) groups is 1. The van der Waals surface area contributed by atoms with E-state index in [1.807, 2.05) is 35.2 Å². The number of nitrogens with one attached hydrogen (secondary N) is 1. The third-order valence-electron chi connectivity index (χ3n) is 3.59. The normalized spacial score (nSPS) is 10.5. The van der Waals surface area contributed by atoms with Crippen LogP contribution < -0.4 is 10.1 Å². The molecule has 1 heterocycles. The quantitative estimate of drug-likeness (QED) is 0.668. The van der Waals surface area contributed by atoms with Crippen molar-refractivity contribution in [3.63, 3.8) is 0 Å². The van der Waals surface area contributed by atoms with Crippen LogP contribution in [0.15, 0.2) is 60.0 Å². The van der Waals surface area contributed by atoms with Crippen LogP contribution in [0.1, 0.15) is 10.4 Å². The number of ether oxygens (including phenoxy) is 1. The van der Waals surface area contributed by atoms with Crippen molar-refractivity contribution in [2.24, 2.45) is 0 Å². The van der Waals surface area contributed by atoms with Gasteiger partial charge < -0.3 is 10.1 Å². The first-order chi connectivity index (χ1) is 12.1. The van der Waals surface area contributed by atoms with E-state index in [-0.39, 0.29) is 5.91 Å². The second-order valence-electron chi connectivity index (χ2n) is 5.13. The van der Waals surface area contributed by atoms with Crippen molar-refractivity contribution in [1.82, 2.24) is 9.55 Å². The molecule has 0 unspecified atom stereocenters. The maximum absolute atomic E-state index is 12.6. The average Bonchev–Trinajstić information content (AvgIpc) is 3.11. The highest BCUT2D eigenvalue weighted by molar-refractivity contribution is 7.98. The SMILES string of the molecule is COc1ccc(Cl)cc1NC(=O)c1cccc(-n2ccnc2SC)c1. The van der Waals surface area contributed by atoms with Gasteiger partial charge >= 0.3 is 0 Å². The minimum absolute atomic E-state index is 0.242. The Labute approximate surface area is 155 Å². The largest absolute Gasteiger partial charge is 0.495 e. The van der Waals surface area contributed by atoms with Crippen LogP contribution in [-0.4, -0.2) is 28.8 Å². The summed E-state index contributed by atoms with van der Waals surface area (Å²) in [7, 11) is 1.54. The molecule has 0 aliphatic rings. The molecule has 3 aromatic rings. The van der Waals surface area contributed by atoms with Gasteiger partial charge in [-0.15, -0.1) is 0 Å². The minimum Gasteiger partial charge on any atom is -0.495 e. The van der Waals surface area contributed by atoms with E-state index in [4.69, 9.17) is 16.3 Å². The van der Waals surface area contributed by atoms with Crippen molar-refractivity contribution < 1.29 is 9.53 Å². The van der Waals surface area contributed by atoms with Crippen LogP contribution in [0.5, 0.6) is 5.75 Å². The van der Waals surface area contributed by atoms with Crippen LogP contribution in [0.4, 0.5) is 5.69 Å². The van der Waals surface area contributed by atoms with Crippen LogP contribution in [0.2, 0.25) is 5.02 Å². The number of amides is 1. The van der Waals surface area contributed by atoms with Gasteiger partial charge in [0.25, 0.3) is 5.91 Å². The summed E-state index contributed by atoms with van der Waals surface area (Å²) >= 11 is 7.55. The number of aromatic nitrogens is 2. The number of rotatable bonds is 5. The van der Waals surface area contributed by atoms with Crippen molar-refractivity contribution in [3.05, 3.63) is 65.4 Å². The zero-order valence-electron chi connectivity index (χ0n) is 13.7. The molecule has 0 aliphatic heterocycles. The second kappa shape index (κ2) is 7.63. The number of hydrogen-bond acceptors (Lipinski definition) is 4. The summed E-state index contributed by atoms with van der Waals surface area (Å²) in [4.78, 5) is 16.9. The summed E-state index contributed by atoms with van der Waals surface area (Å²) in [5.74, 6) is 0.307. The lowest BCUT2D eigenvalue weighted by Gasteiger charge is -2.12. The standard InChI is InChI=1S/C18H16ClN3O2S/c1-24-16-7-6-13(19)11-15(16)21-17(23)12-4-3-5-14(10-12)22-9-8-20-18(22)25-2/h3-11H,1-2H3,(H,21,23). The fourth-order valence-corrected chi connectivity index (χ4v) is 3.11. The Morgan fingerprint density at radius 2 is 2.12 bits per heavy atom. The summed E-state index contributed by atoms with van der Waals surface area (Å²) in [6, 6.07) is 12.4. The zero-order valence-corrected chi connectivity index (χ0v) is 15.3. The van der Waals surface area contributed by atoms with Crippen molar-refractivity contribution in [3.8, 4) is 11.4 Å². The fourth-order valence-electron chi connectivity index (χ4n) is 2.41. The number of benzene rings is 2. The van der Waals surface area contributed by atoms with Gasteiger partial charge in [-0.2, -0.15) is 0 Å². The molecule has 0 radical (unpaired) electrons. The Kier molecular flexibility index (Phi) is 5.31. The first-order valence-corrected chi connectivity index (χ1v) is 9.05. The molecule has 1 N–H and O–H groups in total. The molecule has 25 heavy (non-hydrogen) atoms. The molecule has 0 bridgehead atoms.